The molecule has 11 rings (SSSR count). The fraction of sp³-hybridized carbons (Fsp3) is 0.0339. The monoisotopic (exact) mass is 791 g/mol. The van der Waals surface area contributed by atoms with E-state index in [1.54, 1.807) is 0 Å². The van der Waals surface area contributed by atoms with Crippen molar-refractivity contribution < 1.29 is 0 Å². The molecule has 0 aromatic heterocycles. The topological polar surface area (TPSA) is 30.3 Å². The molecular formula is C59H41N3. The summed E-state index contributed by atoms with van der Waals surface area (Å²) in [6.45, 7) is 0. The lowest BCUT2D eigenvalue weighted by Gasteiger charge is -2.28. The fourth-order valence-corrected chi connectivity index (χ4v) is 9.16. The molecule has 2 heterocycles. The van der Waals surface area contributed by atoms with E-state index in [9.17, 15) is 5.26 Å². The van der Waals surface area contributed by atoms with E-state index in [0.29, 0.717) is 5.56 Å². The Kier molecular flexibility index (Phi) is 9.37. The molecule has 0 amide bonds. The van der Waals surface area contributed by atoms with Gasteiger partial charge in [0.1, 0.15) is 0 Å². The molecule has 0 N–H and O–H groups in total. The van der Waals surface area contributed by atoms with Crippen LogP contribution in [0.25, 0.3) is 56.7 Å². The Morgan fingerprint density at radius 2 is 0.774 bits per heavy atom. The van der Waals surface area contributed by atoms with Crippen LogP contribution in [0.2, 0.25) is 0 Å². The first-order valence-electron chi connectivity index (χ1n) is 21.3. The van der Waals surface area contributed by atoms with Crippen LogP contribution >= 0.6 is 0 Å². The van der Waals surface area contributed by atoms with E-state index in [-0.39, 0.29) is 0 Å². The maximum Gasteiger partial charge on any atom is 0.0991 e. The second-order valence-corrected chi connectivity index (χ2v) is 16.0. The molecule has 9 aromatic rings. The molecule has 9 aromatic carbocycles. The number of fused-ring (bicyclic) bond motifs is 4. The van der Waals surface area contributed by atoms with Gasteiger partial charge in [-0.3, -0.25) is 0 Å². The number of benzene rings is 9. The third-order valence-electron chi connectivity index (χ3n) is 12.3. The van der Waals surface area contributed by atoms with Gasteiger partial charge >= 0.3 is 0 Å². The normalized spacial score (nSPS) is 12.6. The third-order valence-corrected chi connectivity index (χ3v) is 12.3. The number of nitrogens with zero attached hydrogens (tertiary/aromatic N) is 3. The van der Waals surface area contributed by atoms with E-state index in [1.165, 1.54) is 61.4 Å². The third kappa shape index (κ3) is 6.84. The van der Waals surface area contributed by atoms with E-state index in [4.69, 9.17) is 0 Å². The number of hydrogen-bond acceptors (Lipinski definition) is 3. The molecule has 0 aliphatic carbocycles. The zero-order valence-corrected chi connectivity index (χ0v) is 34.1. The van der Waals surface area contributed by atoms with Crippen LogP contribution in [0, 0.1) is 11.3 Å². The zero-order chi connectivity index (χ0) is 41.4. The zero-order valence-electron chi connectivity index (χ0n) is 34.1. The summed E-state index contributed by atoms with van der Waals surface area (Å²) in [5.74, 6) is 0. The standard InChI is InChI=1S/C59H41N3/c60-40-41-18-20-45(21-19-41)47-15-9-16-55(39-47)62-56-17-8-7-14-46(56)22-23-51-37-50(30-35-59(51)62)49-29-34-58-53(38-49)25-24-52-36-48(43-12-5-2-6-13-43)28-33-57(52)61(58)54-31-26-44(27-32-54)42-10-3-1-4-11-42/h1-21,24-39H,22-23H2. The Hall–Kier alpha value is -8.19. The lowest BCUT2D eigenvalue weighted by Crippen LogP contribution is -2.12. The summed E-state index contributed by atoms with van der Waals surface area (Å²) in [7, 11) is 0. The molecule has 2 aliphatic heterocycles. The van der Waals surface area contributed by atoms with Gasteiger partial charge in [0.25, 0.3) is 0 Å². The van der Waals surface area contributed by atoms with Crippen molar-refractivity contribution >= 4 is 46.3 Å². The van der Waals surface area contributed by atoms with Crippen molar-refractivity contribution in [3.05, 3.63) is 240 Å². The molecule has 3 heteroatoms. The minimum Gasteiger partial charge on any atom is -0.310 e. The minimum absolute atomic E-state index is 0.662. The van der Waals surface area contributed by atoms with Gasteiger partial charge in [0, 0.05) is 22.7 Å². The van der Waals surface area contributed by atoms with Crippen LogP contribution in [0.4, 0.5) is 34.1 Å². The van der Waals surface area contributed by atoms with Crippen LogP contribution in [-0.4, -0.2) is 0 Å². The Balaban J connectivity index is 0.992. The molecule has 0 spiro atoms. The highest BCUT2D eigenvalue weighted by molar-refractivity contribution is 5.96. The van der Waals surface area contributed by atoms with Crippen LogP contribution < -0.4 is 9.80 Å². The lowest BCUT2D eigenvalue weighted by atomic mass is 9.96. The molecule has 62 heavy (non-hydrogen) atoms. The van der Waals surface area contributed by atoms with Gasteiger partial charge < -0.3 is 9.80 Å². The summed E-state index contributed by atoms with van der Waals surface area (Å²) in [5, 5.41) is 9.39. The van der Waals surface area contributed by atoms with Gasteiger partial charge in [-0.1, -0.05) is 146 Å². The van der Waals surface area contributed by atoms with Gasteiger partial charge in [-0.2, -0.15) is 5.26 Å². The van der Waals surface area contributed by atoms with E-state index in [1.807, 2.05) is 24.3 Å². The molecule has 0 saturated heterocycles. The van der Waals surface area contributed by atoms with E-state index in [0.717, 1.165) is 52.3 Å². The molecule has 0 radical (unpaired) electrons. The molecule has 292 valence electrons. The molecule has 0 fully saturated rings. The van der Waals surface area contributed by atoms with Gasteiger partial charge in [0.05, 0.1) is 23.0 Å². The van der Waals surface area contributed by atoms with Crippen LogP contribution in [-0.2, 0) is 12.8 Å². The van der Waals surface area contributed by atoms with E-state index < -0.39 is 0 Å². The highest BCUT2D eigenvalue weighted by Gasteiger charge is 2.25. The number of hydrogen-bond donors (Lipinski definition) is 0. The lowest BCUT2D eigenvalue weighted by molar-refractivity contribution is 0.978. The summed E-state index contributed by atoms with van der Waals surface area (Å²) in [4.78, 5) is 4.84. The first kappa shape index (κ1) is 36.9. The van der Waals surface area contributed by atoms with Gasteiger partial charge in [-0.05, 0) is 158 Å². The Morgan fingerprint density at radius 1 is 0.323 bits per heavy atom. The van der Waals surface area contributed by atoms with E-state index in [2.05, 4.69) is 216 Å². The minimum atomic E-state index is 0.662. The number of anilines is 6. The second-order valence-electron chi connectivity index (χ2n) is 16.0. The summed E-state index contributed by atoms with van der Waals surface area (Å²) >= 11 is 0. The van der Waals surface area contributed by atoms with Crippen molar-refractivity contribution in [2.24, 2.45) is 0 Å². The highest BCUT2D eigenvalue weighted by atomic mass is 15.2. The fourth-order valence-electron chi connectivity index (χ4n) is 9.16. The number of rotatable bonds is 6. The molecule has 0 unspecified atom stereocenters. The molecule has 0 bridgehead atoms. The molecule has 0 saturated carbocycles. The van der Waals surface area contributed by atoms with Gasteiger partial charge in [0.15, 0.2) is 0 Å². The number of para-hydroxylation sites is 1. The number of aryl methyl sites for hydroxylation is 2. The molecule has 2 aliphatic rings. The second kappa shape index (κ2) is 15.8. The van der Waals surface area contributed by atoms with Crippen molar-refractivity contribution in [1.29, 1.82) is 5.26 Å². The van der Waals surface area contributed by atoms with Crippen LogP contribution in [0.15, 0.2) is 212 Å². The maximum absolute atomic E-state index is 9.39. The Labute approximate surface area is 363 Å². The predicted molar refractivity (Wildman–Crippen MR) is 259 cm³/mol. The van der Waals surface area contributed by atoms with Crippen molar-refractivity contribution in [3.8, 4) is 50.6 Å². The van der Waals surface area contributed by atoms with Crippen molar-refractivity contribution in [2.45, 2.75) is 12.8 Å². The van der Waals surface area contributed by atoms with Crippen LogP contribution in [0.3, 0.4) is 0 Å². The molecule has 3 nitrogen and oxygen atoms in total. The van der Waals surface area contributed by atoms with Gasteiger partial charge in [-0.15, -0.1) is 0 Å². The van der Waals surface area contributed by atoms with Crippen molar-refractivity contribution in [2.75, 3.05) is 9.80 Å². The Morgan fingerprint density at radius 3 is 1.45 bits per heavy atom. The quantitative estimate of drug-likeness (QED) is 0.168. The summed E-state index contributed by atoms with van der Waals surface area (Å²) in [6, 6.07) is 78.6. The van der Waals surface area contributed by atoms with Crippen LogP contribution in [0.1, 0.15) is 27.8 Å². The average Bonchev–Trinajstić information content (AvgIpc) is 3.62. The predicted octanol–water partition coefficient (Wildman–Crippen LogP) is 15.7. The van der Waals surface area contributed by atoms with Crippen molar-refractivity contribution in [1.82, 2.24) is 0 Å². The number of nitriles is 1. The SMILES string of the molecule is N#Cc1ccc(-c2cccc(N3c4ccccc4CCc4cc(-c5ccc6c(c5)C=Cc5cc(-c7ccccc7)ccc5N6c5ccc(-c6ccccc6)cc5)ccc43)c2)cc1. The molecule has 0 atom stereocenters. The van der Waals surface area contributed by atoms with E-state index >= 15 is 0 Å². The summed E-state index contributed by atoms with van der Waals surface area (Å²) < 4.78 is 0. The summed E-state index contributed by atoms with van der Waals surface area (Å²) in [5.41, 5.74) is 21.9. The van der Waals surface area contributed by atoms with Crippen molar-refractivity contribution in [3.63, 3.8) is 0 Å². The highest BCUT2D eigenvalue weighted by Crippen LogP contribution is 2.47. The summed E-state index contributed by atoms with van der Waals surface area (Å²) in [6.07, 6.45) is 6.45. The smallest absolute Gasteiger partial charge is 0.0991 e. The molecular weight excluding hydrogens is 751 g/mol. The first-order chi connectivity index (χ1) is 30.7. The average molecular weight is 792 g/mol. The largest absolute Gasteiger partial charge is 0.310 e. The van der Waals surface area contributed by atoms with Gasteiger partial charge in [0.2, 0.25) is 0 Å². The van der Waals surface area contributed by atoms with Crippen LogP contribution in [0.5, 0.6) is 0 Å². The Bertz CT molecular complexity index is 3180. The maximum atomic E-state index is 9.39. The first-order valence-corrected chi connectivity index (χ1v) is 21.3. The van der Waals surface area contributed by atoms with Gasteiger partial charge in [-0.25, -0.2) is 0 Å².